The summed E-state index contributed by atoms with van der Waals surface area (Å²) in [5.41, 5.74) is 3.27. The third kappa shape index (κ3) is 6.06. The number of urea groups is 1. The standard InChI is InChI=1S/C27H22N5O6P/c33-26(28-27(34)30-29-24-17-16-20(31(35)36)18-25(24)32(37)38)19-39(21-10-4-1-5-11-21,22-12-6-2-7-13-22)23-14-8-3-9-15-23/h1-18,29H,19H2,(H-,28,30,33,34)/p+1. The molecule has 12 heteroatoms. The summed E-state index contributed by atoms with van der Waals surface area (Å²) in [5, 5.41) is 27.4. The molecule has 0 aromatic heterocycles. The van der Waals surface area contributed by atoms with Gasteiger partial charge in [0.2, 0.25) is 0 Å². The fourth-order valence-corrected chi connectivity index (χ4v) is 8.19. The van der Waals surface area contributed by atoms with Crippen LogP contribution >= 0.6 is 7.26 Å². The van der Waals surface area contributed by atoms with Gasteiger partial charge in [-0.2, -0.15) is 0 Å². The molecule has 0 spiro atoms. The zero-order valence-electron chi connectivity index (χ0n) is 20.4. The molecule has 0 radical (unpaired) electrons. The lowest BCUT2D eigenvalue weighted by Crippen LogP contribution is -2.46. The molecule has 4 rings (SSSR count). The van der Waals surface area contributed by atoms with Crippen LogP contribution in [0, 0.1) is 20.2 Å². The van der Waals surface area contributed by atoms with Gasteiger partial charge in [0.25, 0.3) is 11.6 Å². The van der Waals surface area contributed by atoms with E-state index >= 15 is 0 Å². The van der Waals surface area contributed by atoms with Crippen LogP contribution in [0.15, 0.2) is 109 Å². The highest BCUT2D eigenvalue weighted by molar-refractivity contribution is 7.96. The van der Waals surface area contributed by atoms with E-state index in [2.05, 4.69) is 16.2 Å². The van der Waals surface area contributed by atoms with E-state index in [1.165, 1.54) is 0 Å². The summed E-state index contributed by atoms with van der Waals surface area (Å²) in [6.45, 7) is 0. The average Bonchev–Trinajstić information content (AvgIpc) is 2.96. The van der Waals surface area contributed by atoms with Crippen molar-refractivity contribution in [1.82, 2.24) is 10.7 Å². The van der Waals surface area contributed by atoms with Crippen molar-refractivity contribution < 1.29 is 19.4 Å². The maximum atomic E-state index is 13.3. The third-order valence-electron chi connectivity index (χ3n) is 5.92. The summed E-state index contributed by atoms with van der Waals surface area (Å²) in [4.78, 5) is 46.6. The van der Waals surface area contributed by atoms with Gasteiger partial charge in [-0.25, -0.2) is 4.79 Å². The zero-order chi connectivity index (χ0) is 27.8. The Morgan fingerprint density at radius 1 is 0.692 bits per heavy atom. The topological polar surface area (TPSA) is 157 Å². The van der Waals surface area contributed by atoms with Crippen LogP contribution in [-0.2, 0) is 4.79 Å². The van der Waals surface area contributed by atoms with E-state index in [9.17, 15) is 29.8 Å². The molecule has 0 unspecified atom stereocenters. The summed E-state index contributed by atoms with van der Waals surface area (Å²) < 4.78 is 0. The maximum Gasteiger partial charge on any atom is 0.340 e. The predicted octanol–water partition coefficient (Wildman–Crippen LogP) is 3.65. The van der Waals surface area contributed by atoms with E-state index in [1.807, 2.05) is 91.0 Å². The van der Waals surface area contributed by atoms with Crippen molar-refractivity contribution in [2.45, 2.75) is 0 Å². The molecule has 0 atom stereocenters. The molecule has 11 nitrogen and oxygen atoms in total. The number of amides is 3. The quantitative estimate of drug-likeness (QED) is 0.165. The van der Waals surface area contributed by atoms with Crippen LogP contribution in [-0.4, -0.2) is 27.9 Å². The molecule has 3 amide bonds. The highest BCUT2D eigenvalue weighted by Crippen LogP contribution is 2.55. The Morgan fingerprint density at radius 3 is 1.62 bits per heavy atom. The Kier molecular flexibility index (Phi) is 8.23. The molecule has 39 heavy (non-hydrogen) atoms. The van der Waals surface area contributed by atoms with Crippen LogP contribution < -0.4 is 32.1 Å². The van der Waals surface area contributed by atoms with Gasteiger partial charge in [-0.15, -0.1) is 0 Å². The lowest BCUT2D eigenvalue weighted by atomic mass is 10.2. The van der Waals surface area contributed by atoms with Crippen molar-refractivity contribution in [2.24, 2.45) is 0 Å². The minimum Gasteiger partial charge on any atom is -0.291 e. The monoisotopic (exact) mass is 544 g/mol. The van der Waals surface area contributed by atoms with Gasteiger partial charge in [0, 0.05) is 6.07 Å². The second-order valence-electron chi connectivity index (χ2n) is 8.32. The minimum atomic E-state index is -2.54. The number of hydrogen-bond donors (Lipinski definition) is 3. The number of hydrogen-bond acceptors (Lipinski definition) is 7. The third-order valence-corrected chi connectivity index (χ3v) is 10.2. The zero-order valence-corrected chi connectivity index (χ0v) is 21.3. The summed E-state index contributed by atoms with van der Waals surface area (Å²) >= 11 is 0. The van der Waals surface area contributed by atoms with E-state index < -0.39 is 40.4 Å². The second-order valence-corrected chi connectivity index (χ2v) is 11.8. The first-order chi connectivity index (χ1) is 18.8. The molecular weight excluding hydrogens is 521 g/mol. The SMILES string of the molecule is O=C(C[P+](c1ccccc1)(c1ccccc1)c1ccccc1)NC(=O)NNc1ccc([N+](=O)[O-])cc1[N+](=O)[O-]. The number of non-ortho nitro benzene ring substituents is 1. The Balaban J connectivity index is 1.59. The number of imide groups is 1. The summed E-state index contributed by atoms with van der Waals surface area (Å²) in [7, 11) is -2.54. The van der Waals surface area contributed by atoms with Crippen LogP contribution in [0.1, 0.15) is 0 Å². The normalized spacial score (nSPS) is 10.8. The number of nitro groups is 2. The molecule has 0 aliphatic rings. The number of anilines is 1. The molecule has 0 aliphatic heterocycles. The van der Waals surface area contributed by atoms with Gasteiger partial charge in [0.15, 0.2) is 6.16 Å². The molecule has 0 bridgehead atoms. The number of nitro benzene ring substituents is 2. The number of benzene rings is 4. The van der Waals surface area contributed by atoms with Gasteiger partial charge < -0.3 is 0 Å². The second kappa shape index (κ2) is 11.9. The van der Waals surface area contributed by atoms with E-state index in [1.54, 1.807) is 0 Å². The summed E-state index contributed by atoms with van der Waals surface area (Å²) in [6, 6.07) is 30.9. The van der Waals surface area contributed by atoms with Crippen LogP contribution in [0.2, 0.25) is 0 Å². The van der Waals surface area contributed by atoms with Crippen LogP contribution in [0.25, 0.3) is 0 Å². The first-order valence-corrected chi connectivity index (χ1v) is 13.6. The van der Waals surface area contributed by atoms with E-state index in [0.717, 1.165) is 34.1 Å². The van der Waals surface area contributed by atoms with Gasteiger partial charge in [-0.3, -0.25) is 41.2 Å². The Hall–Kier alpha value is -5.15. The highest BCUT2D eigenvalue weighted by atomic mass is 31.2. The van der Waals surface area contributed by atoms with Crippen molar-refractivity contribution in [3.8, 4) is 0 Å². The molecule has 0 saturated heterocycles. The molecule has 0 heterocycles. The van der Waals surface area contributed by atoms with Gasteiger partial charge in [0.05, 0.1) is 15.9 Å². The number of carbonyl (C=O) groups excluding carboxylic acids is 2. The molecular formula is C27H23N5O6P+. The van der Waals surface area contributed by atoms with Crippen molar-refractivity contribution in [3.05, 3.63) is 129 Å². The lowest BCUT2D eigenvalue weighted by molar-refractivity contribution is -0.393. The van der Waals surface area contributed by atoms with Gasteiger partial charge in [-0.05, 0) is 42.5 Å². The van der Waals surface area contributed by atoms with E-state index in [4.69, 9.17) is 0 Å². The first-order valence-electron chi connectivity index (χ1n) is 11.6. The number of hydrazine groups is 1. The predicted molar refractivity (Wildman–Crippen MR) is 150 cm³/mol. The van der Waals surface area contributed by atoms with Crippen LogP contribution in [0.5, 0.6) is 0 Å². The Morgan fingerprint density at radius 2 is 1.18 bits per heavy atom. The molecule has 0 saturated carbocycles. The van der Waals surface area contributed by atoms with Crippen molar-refractivity contribution in [3.63, 3.8) is 0 Å². The molecule has 0 aliphatic carbocycles. The molecule has 196 valence electrons. The molecule has 4 aromatic carbocycles. The smallest absolute Gasteiger partial charge is 0.291 e. The molecule has 3 N–H and O–H groups in total. The Labute approximate surface area is 223 Å². The largest absolute Gasteiger partial charge is 0.340 e. The van der Waals surface area contributed by atoms with Crippen molar-refractivity contribution in [1.29, 1.82) is 0 Å². The van der Waals surface area contributed by atoms with E-state index in [0.29, 0.717) is 0 Å². The lowest BCUT2D eigenvalue weighted by Gasteiger charge is -2.27. The van der Waals surface area contributed by atoms with Gasteiger partial charge in [-0.1, -0.05) is 54.6 Å². The Bertz CT molecular complexity index is 1410. The van der Waals surface area contributed by atoms with Crippen LogP contribution in [0.4, 0.5) is 21.9 Å². The number of nitrogens with one attached hydrogen (secondary N) is 3. The van der Waals surface area contributed by atoms with Crippen molar-refractivity contribution in [2.75, 3.05) is 11.6 Å². The first kappa shape index (κ1) is 26.9. The number of nitrogens with zero attached hydrogens (tertiary/aromatic N) is 2. The summed E-state index contributed by atoms with van der Waals surface area (Å²) in [5.74, 6) is -0.558. The highest BCUT2D eigenvalue weighted by Gasteiger charge is 2.47. The fourth-order valence-electron chi connectivity index (χ4n) is 4.20. The van der Waals surface area contributed by atoms with Gasteiger partial charge in [0.1, 0.15) is 28.9 Å². The fraction of sp³-hybridized carbons (Fsp3) is 0.0370. The number of rotatable bonds is 9. The maximum absolute atomic E-state index is 13.3. The number of carbonyl (C=O) groups is 2. The molecule has 4 aromatic rings. The van der Waals surface area contributed by atoms with Crippen LogP contribution in [0.3, 0.4) is 0 Å². The molecule has 0 fully saturated rings. The van der Waals surface area contributed by atoms with Crippen molar-refractivity contribution >= 4 is 52.2 Å². The average molecular weight is 544 g/mol. The minimum absolute atomic E-state index is 0.0177. The van der Waals surface area contributed by atoms with E-state index in [-0.39, 0.29) is 11.8 Å². The van der Waals surface area contributed by atoms with Gasteiger partial charge >= 0.3 is 11.7 Å². The summed E-state index contributed by atoms with van der Waals surface area (Å²) in [6.07, 6.45) is -0.0177.